The van der Waals surface area contributed by atoms with Crippen LogP contribution in [0.4, 0.5) is 11.8 Å². The zero-order chi connectivity index (χ0) is 21.6. The van der Waals surface area contributed by atoms with Gasteiger partial charge in [0.25, 0.3) is 0 Å². The van der Waals surface area contributed by atoms with Crippen LogP contribution in [0.15, 0.2) is 6.33 Å². The third kappa shape index (κ3) is 5.47. The van der Waals surface area contributed by atoms with E-state index in [0.717, 1.165) is 81.2 Å². The summed E-state index contributed by atoms with van der Waals surface area (Å²) in [5.41, 5.74) is 7.95. The second kappa shape index (κ2) is 10.6. The third-order valence-electron chi connectivity index (χ3n) is 7.08. The summed E-state index contributed by atoms with van der Waals surface area (Å²) in [6, 6.07) is 1.25. The van der Waals surface area contributed by atoms with Crippen molar-refractivity contribution < 1.29 is 0 Å². The van der Waals surface area contributed by atoms with Gasteiger partial charge in [0.1, 0.15) is 0 Å². The van der Waals surface area contributed by atoms with Gasteiger partial charge in [-0.05, 0) is 64.6 Å². The van der Waals surface area contributed by atoms with E-state index < -0.39 is 0 Å². The maximum Gasteiger partial charge on any atom is 0.227 e. The maximum absolute atomic E-state index is 6.09. The number of fused-ring (bicyclic) bond motifs is 1. The molecule has 0 unspecified atom stereocenters. The summed E-state index contributed by atoms with van der Waals surface area (Å²) in [6.45, 7) is 8.61. The van der Waals surface area contributed by atoms with Gasteiger partial charge in [-0.3, -0.25) is 0 Å². The van der Waals surface area contributed by atoms with Crippen LogP contribution >= 0.6 is 0 Å². The van der Waals surface area contributed by atoms with Crippen LogP contribution in [-0.2, 0) is 0 Å². The van der Waals surface area contributed by atoms with Crippen LogP contribution in [0.2, 0.25) is 0 Å². The van der Waals surface area contributed by atoms with Crippen molar-refractivity contribution in [3.63, 3.8) is 0 Å². The highest BCUT2D eigenvalue weighted by molar-refractivity contribution is 5.84. The SMILES string of the molecule is CCN(CC)CCCNc1nc(N[C@H]2CC[C@H](N)CC2)nc2c1ncn2C1CCCC1. The number of nitrogens with zero attached hydrogens (tertiary/aromatic N) is 5. The fraction of sp³-hybridized carbons (Fsp3) is 0.783. The van der Waals surface area contributed by atoms with Crippen LogP contribution in [-0.4, -0.2) is 62.7 Å². The number of hydrogen-bond donors (Lipinski definition) is 3. The number of rotatable bonds is 10. The lowest BCUT2D eigenvalue weighted by Gasteiger charge is -2.27. The van der Waals surface area contributed by atoms with Gasteiger partial charge in [0.05, 0.1) is 6.33 Å². The van der Waals surface area contributed by atoms with Crippen LogP contribution in [0.25, 0.3) is 11.2 Å². The molecule has 0 spiro atoms. The van der Waals surface area contributed by atoms with E-state index in [9.17, 15) is 0 Å². The molecule has 4 rings (SSSR count). The molecule has 0 saturated heterocycles. The average molecular weight is 429 g/mol. The summed E-state index contributed by atoms with van der Waals surface area (Å²) < 4.78 is 2.28. The van der Waals surface area contributed by atoms with E-state index in [1.54, 1.807) is 0 Å². The molecule has 2 saturated carbocycles. The predicted octanol–water partition coefficient (Wildman–Crippen LogP) is 3.77. The number of hydrogen-bond acceptors (Lipinski definition) is 7. The van der Waals surface area contributed by atoms with Crippen molar-refractivity contribution in [3.8, 4) is 0 Å². The Morgan fingerprint density at radius 3 is 2.52 bits per heavy atom. The summed E-state index contributed by atoms with van der Waals surface area (Å²) in [5, 5.41) is 7.17. The summed E-state index contributed by atoms with van der Waals surface area (Å²) in [5.74, 6) is 1.58. The first-order chi connectivity index (χ1) is 15.2. The molecule has 8 nitrogen and oxygen atoms in total. The molecule has 0 aromatic carbocycles. The summed E-state index contributed by atoms with van der Waals surface area (Å²) in [4.78, 5) is 17.0. The highest BCUT2D eigenvalue weighted by Crippen LogP contribution is 2.33. The van der Waals surface area contributed by atoms with Crippen molar-refractivity contribution >= 4 is 22.9 Å². The van der Waals surface area contributed by atoms with Crippen molar-refractivity contribution in [2.24, 2.45) is 5.73 Å². The quantitative estimate of drug-likeness (QED) is 0.496. The van der Waals surface area contributed by atoms with Crippen molar-refractivity contribution in [2.45, 2.75) is 89.8 Å². The van der Waals surface area contributed by atoms with E-state index in [1.165, 1.54) is 25.7 Å². The van der Waals surface area contributed by atoms with Crippen molar-refractivity contribution in [1.82, 2.24) is 24.4 Å². The lowest BCUT2D eigenvalue weighted by molar-refractivity contribution is 0.303. The Morgan fingerprint density at radius 1 is 1.06 bits per heavy atom. The van der Waals surface area contributed by atoms with E-state index in [-0.39, 0.29) is 0 Å². The minimum atomic E-state index is 0.341. The Morgan fingerprint density at radius 2 is 1.81 bits per heavy atom. The number of nitrogens with one attached hydrogen (secondary N) is 2. The van der Waals surface area contributed by atoms with Crippen LogP contribution in [0.1, 0.15) is 77.7 Å². The van der Waals surface area contributed by atoms with Crippen LogP contribution in [0.5, 0.6) is 0 Å². The summed E-state index contributed by atoms with van der Waals surface area (Å²) in [6.07, 6.45) is 12.4. The van der Waals surface area contributed by atoms with Gasteiger partial charge >= 0.3 is 0 Å². The fourth-order valence-corrected chi connectivity index (χ4v) is 5.05. The zero-order valence-electron chi connectivity index (χ0n) is 19.3. The van der Waals surface area contributed by atoms with Gasteiger partial charge in [0.2, 0.25) is 5.95 Å². The number of aromatic nitrogens is 4. The second-order valence-electron chi connectivity index (χ2n) is 9.22. The molecule has 4 N–H and O–H groups in total. The molecule has 2 aromatic heterocycles. The second-order valence-corrected chi connectivity index (χ2v) is 9.22. The lowest BCUT2D eigenvalue weighted by atomic mass is 9.92. The summed E-state index contributed by atoms with van der Waals surface area (Å²) >= 11 is 0. The molecule has 31 heavy (non-hydrogen) atoms. The van der Waals surface area contributed by atoms with Crippen molar-refractivity contribution in [2.75, 3.05) is 36.8 Å². The standard InChI is InChI=1S/C23H40N8/c1-3-30(4-2)15-7-14-25-21-20-22(31(16-26-20)19-8-5-6-9-19)29-23(28-21)27-18-12-10-17(24)11-13-18/h16-19H,3-15,24H2,1-2H3,(H2,25,27,28,29)/t17-,18-. The molecular formula is C23H40N8. The first kappa shape index (κ1) is 22.3. The third-order valence-corrected chi connectivity index (χ3v) is 7.08. The fourth-order valence-electron chi connectivity index (χ4n) is 5.05. The normalized spacial score (nSPS) is 22.5. The van der Waals surface area contributed by atoms with Gasteiger partial charge in [0, 0.05) is 24.7 Å². The molecule has 172 valence electrons. The highest BCUT2D eigenvalue weighted by atomic mass is 15.2. The van der Waals surface area contributed by atoms with E-state index in [2.05, 4.69) is 33.9 Å². The van der Waals surface area contributed by atoms with Gasteiger partial charge in [-0.15, -0.1) is 0 Å². The maximum atomic E-state index is 6.09. The Bertz CT molecular complexity index is 816. The van der Waals surface area contributed by atoms with E-state index in [1.807, 2.05) is 6.33 Å². The van der Waals surface area contributed by atoms with Gasteiger partial charge in [0.15, 0.2) is 17.0 Å². The highest BCUT2D eigenvalue weighted by Gasteiger charge is 2.23. The summed E-state index contributed by atoms with van der Waals surface area (Å²) in [7, 11) is 0. The molecule has 2 aliphatic rings. The van der Waals surface area contributed by atoms with E-state index in [0.29, 0.717) is 18.1 Å². The molecule has 0 radical (unpaired) electrons. The van der Waals surface area contributed by atoms with Gasteiger partial charge in [-0.1, -0.05) is 26.7 Å². The first-order valence-corrected chi connectivity index (χ1v) is 12.4. The molecule has 2 aliphatic carbocycles. The Hall–Kier alpha value is -1.93. The minimum Gasteiger partial charge on any atom is -0.368 e. The van der Waals surface area contributed by atoms with E-state index >= 15 is 0 Å². The average Bonchev–Trinajstić information content (AvgIpc) is 3.45. The smallest absolute Gasteiger partial charge is 0.227 e. The largest absolute Gasteiger partial charge is 0.368 e. The Balaban J connectivity index is 1.52. The molecule has 0 atom stereocenters. The molecule has 2 aromatic rings. The Labute approximate surface area is 186 Å². The van der Waals surface area contributed by atoms with Crippen LogP contribution in [0, 0.1) is 0 Å². The molecule has 0 amide bonds. The first-order valence-electron chi connectivity index (χ1n) is 12.4. The minimum absolute atomic E-state index is 0.341. The van der Waals surface area contributed by atoms with Crippen molar-refractivity contribution in [1.29, 1.82) is 0 Å². The van der Waals surface area contributed by atoms with Gasteiger partial charge < -0.3 is 25.8 Å². The number of nitrogens with two attached hydrogens (primary N) is 1. The van der Waals surface area contributed by atoms with E-state index in [4.69, 9.17) is 20.7 Å². The predicted molar refractivity (Wildman–Crippen MR) is 128 cm³/mol. The monoisotopic (exact) mass is 428 g/mol. The van der Waals surface area contributed by atoms with Crippen LogP contribution in [0.3, 0.4) is 0 Å². The molecule has 2 heterocycles. The molecule has 2 fully saturated rings. The molecule has 0 aliphatic heterocycles. The molecular weight excluding hydrogens is 388 g/mol. The number of imidazole rings is 1. The molecule has 8 heteroatoms. The van der Waals surface area contributed by atoms with Gasteiger partial charge in [-0.25, -0.2) is 4.98 Å². The topological polar surface area (TPSA) is 96.9 Å². The Kier molecular flexibility index (Phi) is 7.61. The number of anilines is 2. The van der Waals surface area contributed by atoms with Gasteiger partial charge in [-0.2, -0.15) is 9.97 Å². The lowest BCUT2D eigenvalue weighted by Crippen LogP contribution is -2.33. The zero-order valence-corrected chi connectivity index (χ0v) is 19.3. The van der Waals surface area contributed by atoms with Crippen LogP contribution < -0.4 is 16.4 Å². The van der Waals surface area contributed by atoms with Crippen molar-refractivity contribution in [3.05, 3.63) is 6.33 Å². The molecule has 0 bridgehead atoms.